The van der Waals surface area contributed by atoms with E-state index in [-0.39, 0.29) is 11.6 Å². The van der Waals surface area contributed by atoms with Crippen molar-refractivity contribution >= 4 is 27.3 Å². The third-order valence-electron chi connectivity index (χ3n) is 4.13. The molecule has 0 unspecified atom stereocenters. The van der Waals surface area contributed by atoms with Crippen molar-refractivity contribution in [2.45, 2.75) is 17.7 Å². The Hall–Kier alpha value is -2.94. The summed E-state index contributed by atoms with van der Waals surface area (Å²) in [4.78, 5) is 23.9. The predicted molar refractivity (Wildman–Crippen MR) is 95.5 cm³/mol. The number of hydrogen-bond acceptors (Lipinski definition) is 5. The normalized spacial score (nSPS) is 14.2. The SMILES string of the molecule is O=C(c1ccc(NS(=O)(=O)c2ccccc2[N+](=O)[O-])cc1)N1CCCC1. The zero-order chi connectivity index (χ0) is 18.7. The first-order chi connectivity index (χ1) is 12.4. The average molecular weight is 375 g/mol. The summed E-state index contributed by atoms with van der Waals surface area (Å²) in [6.07, 6.45) is 1.97. The number of nitro benzene ring substituents is 1. The van der Waals surface area contributed by atoms with Gasteiger partial charge in [0.05, 0.1) is 4.92 Å². The number of nitrogens with one attached hydrogen (secondary N) is 1. The fourth-order valence-corrected chi connectivity index (χ4v) is 4.06. The Kier molecular flexibility index (Phi) is 4.90. The molecule has 1 fully saturated rings. The molecule has 136 valence electrons. The molecule has 0 saturated carbocycles. The van der Waals surface area contributed by atoms with Crippen LogP contribution in [0.2, 0.25) is 0 Å². The van der Waals surface area contributed by atoms with Crippen LogP contribution < -0.4 is 4.72 Å². The highest BCUT2D eigenvalue weighted by molar-refractivity contribution is 7.92. The van der Waals surface area contributed by atoms with Gasteiger partial charge in [-0.2, -0.15) is 0 Å². The van der Waals surface area contributed by atoms with Crippen molar-refractivity contribution in [2.75, 3.05) is 17.8 Å². The van der Waals surface area contributed by atoms with Crippen molar-refractivity contribution in [1.82, 2.24) is 4.90 Å². The van der Waals surface area contributed by atoms with Gasteiger partial charge in [-0.15, -0.1) is 0 Å². The van der Waals surface area contributed by atoms with E-state index in [0.29, 0.717) is 5.56 Å². The standard InChI is InChI=1S/C17H17N3O5S/c21-17(19-11-3-4-12-19)13-7-9-14(10-8-13)18-26(24,25)16-6-2-1-5-15(16)20(22)23/h1-2,5-10,18H,3-4,11-12H2. The minimum Gasteiger partial charge on any atom is -0.339 e. The van der Waals surface area contributed by atoms with Crippen LogP contribution in [-0.2, 0) is 10.0 Å². The van der Waals surface area contributed by atoms with Gasteiger partial charge in [-0.3, -0.25) is 19.6 Å². The lowest BCUT2D eigenvalue weighted by molar-refractivity contribution is -0.387. The molecule has 0 aromatic heterocycles. The predicted octanol–water partition coefficient (Wildman–Crippen LogP) is 2.63. The summed E-state index contributed by atoms with van der Waals surface area (Å²) in [6.45, 7) is 1.45. The molecule has 8 nitrogen and oxygen atoms in total. The Bertz CT molecular complexity index is 935. The number of carbonyl (C=O) groups excluding carboxylic acids is 1. The zero-order valence-electron chi connectivity index (χ0n) is 13.8. The van der Waals surface area contributed by atoms with Gasteiger partial charge in [-0.25, -0.2) is 8.42 Å². The molecule has 26 heavy (non-hydrogen) atoms. The minimum atomic E-state index is -4.12. The maximum absolute atomic E-state index is 12.5. The summed E-state index contributed by atoms with van der Waals surface area (Å²) >= 11 is 0. The van der Waals surface area contributed by atoms with Gasteiger partial charge in [0, 0.05) is 30.4 Å². The van der Waals surface area contributed by atoms with Crippen LogP contribution in [-0.4, -0.2) is 37.2 Å². The number of anilines is 1. The molecule has 9 heteroatoms. The third-order valence-corrected chi connectivity index (χ3v) is 5.56. The maximum Gasteiger partial charge on any atom is 0.289 e. The molecule has 2 aromatic carbocycles. The van der Waals surface area contributed by atoms with Crippen LogP contribution in [0.5, 0.6) is 0 Å². The van der Waals surface area contributed by atoms with E-state index in [1.165, 1.54) is 42.5 Å². The van der Waals surface area contributed by atoms with Crippen molar-refractivity contribution in [2.24, 2.45) is 0 Å². The van der Waals surface area contributed by atoms with E-state index < -0.39 is 25.5 Å². The van der Waals surface area contributed by atoms with Gasteiger partial charge < -0.3 is 4.90 Å². The van der Waals surface area contributed by atoms with Gasteiger partial charge in [-0.05, 0) is 43.2 Å². The van der Waals surface area contributed by atoms with Gasteiger partial charge in [0.15, 0.2) is 4.90 Å². The molecule has 0 bridgehead atoms. The Labute approximate surface area is 150 Å². The second-order valence-corrected chi connectivity index (χ2v) is 7.56. The summed E-state index contributed by atoms with van der Waals surface area (Å²) in [5, 5.41) is 11.0. The fourth-order valence-electron chi connectivity index (χ4n) is 2.83. The van der Waals surface area contributed by atoms with E-state index in [1.54, 1.807) is 4.90 Å². The number of sulfonamides is 1. The number of amides is 1. The Morgan fingerprint density at radius 3 is 2.27 bits per heavy atom. The van der Waals surface area contributed by atoms with E-state index in [0.717, 1.165) is 32.0 Å². The highest BCUT2D eigenvalue weighted by Crippen LogP contribution is 2.25. The molecule has 0 aliphatic carbocycles. The van der Waals surface area contributed by atoms with E-state index in [1.807, 2.05) is 0 Å². The molecular weight excluding hydrogens is 358 g/mol. The average Bonchev–Trinajstić information content (AvgIpc) is 3.16. The van der Waals surface area contributed by atoms with E-state index in [4.69, 9.17) is 0 Å². The van der Waals surface area contributed by atoms with Crippen LogP contribution in [0.15, 0.2) is 53.4 Å². The third kappa shape index (κ3) is 3.67. The van der Waals surface area contributed by atoms with E-state index in [9.17, 15) is 23.3 Å². The minimum absolute atomic E-state index is 0.0874. The highest BCUT2D eigenvalue weighted by Gasteiger charge is 2.25. The number of rotatable bonds is 5. The van der Waals surface area contributed by atoms with Crippen LogP contribution >= 0.6 is 0 Å². The Morgan fingerprint density at radius 1 is 1.04 bits per heavy atom. The zero-order valence-corrected chi connectivity index (χ0v) is 14.6. The van der Waals surface area contributed by atoms with Crippen molar-refractivity contribution in [3.63, 3.8) is 0 Å². The fraction of sp³-hybridized carbons (Fsp3) is 0.235. The summed E-state index contributed by atoms with van der Waals surface area (Å²) in [7, 11) is -4.12. The lowest BCUT2D eigenvalue weighted by Gasteiger charge is -2.15. The number of nitrogens with zero attached hydrogens (tertiary/aromatic N) is 2. The largest absolute Gasteiger partial charge is 0.339 e. The smallest absolute Gasteiger partial charge is 0.289 e. The number of hydrogen-bond donors (Lipinski definition) is 1. The molecular formula is C17H17N3O5S. The second kappa shape index (κ2) is 7.12. The molecule has 0 radical (unpaired) electrons. The Balaban J connectivity index is 1.80. The molecule has 1 N–H and O–H groups in total. The van der Waals surface area contributed by atoms with Crippen LogP contribution in [0.25, 0.3) is 0 Å². The van der Waals surface area contributed by atoms with Crippen LogP contribution in [0, 0.1) is 10.1 Å². The quantitative estimate of drug-likeness (QED) is 0.638. The monoisotopic (exact) mass is 375 g/mol. The van der Waals surface area contributed by atoms with Crippen LogP contribution in [0.3, 0.4) is 0 Å². The summed E-state index contributed by atoms with van der Waals surface area (Å²) in [6, 6.07) is 11.1. The molecule has 1 heterocycles. The van der Waals surface area contributed by atoms with Gasteiger partial charge in [0.1, 0.15) is 0 Å². The molecule has 3 rings (SSSR count). The maximum atomic E-state index is 12.5. The molecule has 1 aliphatic heterocycles. The van der Waals surface area contributed by atoms with Gasteiger partial charge in [-0.1, -0.05) is 12.1 Å². The molecule has 1 aliphatic rings. The van der Waals surface area contributed by atoms with E-state index in [2.05, 4.69) is 4.72 Å². The van der Waals surface area contributed by atoms with E-state index >= 15 is 0 Å². The number of nitro groups is 1. The lowest BCUT2D eigenvalue weighted by atomic mass is 10.2. The van der Waals surface area contributed by atoms with Crippen molar-refractivity contribution in [1.29, 1.82) is 0 Å². The van der Waals surface area contributed by atoms with Gasteiger partial charge in [0.25, 0.3) is 21.6 Å². The van der Waals surface area contributed by atoms with Crippen molar-refractivity contribution < 1.29 is 18.1 Å². The van der Waals surface area contributed by atoms with Crippen LogP contribution in [0.1, 0.15) is 23.2 Å². The Morgan fingerprint density at radius 2 is 1.65 bits per heavy atom. The highest BCUT2D eigenvalue weighted by atomic mass is 32.2. The first kappa shape index (κ1) is 17.9. The number of para-hydroxylation sites is 1. The topological polar surface area (TPSA) is 110 Å². The first-order valence-corrected chi connectivity index (χ1v) is 9.52. The molecule has 1 amide bonds. The molecule has 2 aromatic rings. The molecule has 1 saturated heterocycles. The number of likely N-dealkylation sites (tertiary alicyclic amines) is 1. The van der Waals surface area contributed by atoms with Crippen LogP contribution in [0.4, 0.5) is 11.4 Å². The lowest BCUT2D eigenvalue weighted by Crippen LogP contribution is -2.27. The number of benzene rings is 2. The van der Waals surface area contributed by atoms with Crippen molar-refractivity contribution in [3.05, 3.63) is 64.2 Å². The molecule has 0 atom stereocenters. The summed E-state index contributed by atoms with van der Waals surface area (Å²) in [5.41, 5.74) is 0.197. The first-order valence-electron chi connectivity index (χ1n) is 8.04. The van der Waals surface area contributed by atoms with Crippen molar-refractivity contribution in [3.8, 4) is 0 Å². The molecule has 0 spiro atoms. The summed E-state index contributed by atoms with van der Waals surface area (Å²) in [5.74, 6) is -0.0874. The second-order valence-electron chi connectivity index (χ2n) is 5.91. The van der Waals surface area contributed by atoms with Gasteiger partial charge >= 0.3 is 0 Å². The van der Waals surface area contributed by atoms with Gasteiger partial charge in [0.2, 0.25) is 0 Å². The number of carbonyl (C=O) groups is 1. The summed E-state index contributed by atoms with van der Waals surface area (Å²) < 4.78 is 27.2.